The summed E-state index contributed by atoms with van der Waals surface area (Å²) in [4.78, 5) is 18.0. The third kappa shape index (κ3) is 4.48. The Hall–Kier alpha value is -2.04. The lowest BCUT2D eigenvalue weighted by atomic mass is 10.1. The molecule has 21 heavy (non-hydrogen) atoms. The number of rotatable bonds is 3. The number of aryl methyl sites for hydroxylation is 2. The molecule has 5 nitrogen and oxygen atoms in total. The van der Waals surface area contributed by atoms with Gasteiger partial charge in [0.15, 0.2) is 5.96 Å². The highest BCUT2D eigenvalue weighted by atomic mass is 16.2. The Morgan fingerprint density at radius 3 is 2.62 bits per heavy atom. The van der Waals surface area contributed by atoms with Gasteiger partial charge in [0.05, 0.1) is 0 Å². The van der Waals surface area contributed by atoms with Crippen LogP contribution >= 0.6 is 0 Å². The molecule has 0 bridgehead atoms. The van der Waals surface area contributed by atoms with Crippen LogP contribution < -0.4 is 11.1 Å². The van der Waals surface area contributed by atoms with E-state index in [4.69, 9.17) is 5.73 Å². The molecule has 0 aliphatic carbocycles. The van der Waals surface area contributed by atoms with Gasteiger partial charge in [-0.1, -0.05) is 6.07 Å². The van der Waals surface area contributed by atoms with E-state index in [-0.39, 0.29) is 18.4 Å². The average Bonchev–Trinajstić information content (AvgIpc) is 2.49. The Kier molecular flexibility index (Phi) is 5.20. The van der Waals surface area contributed by atoms with Crippen LogP contribution in [0.25, 0.3) is 0 Å². The fraction of sp³-hybridized carbons (Fsp3) is 0.500. The number of hydrogen-bond acceptors (Lipinski definition) is 2. The summed E-state index contributed by atoms with van der Waals surface area (Å²) in [6.45, 7) is 5.92. The van der Waals surface area contributed by atoms with Crippen LogP contribution in [0, 0.1) is 13.8 Å². The van der Waals surface area contributed by atoms with Crippen molar-refractivity contribution in [1.82, 2.24) is 4.90 Å². The van der Waals surface area contributed by atoms with Gasteiger partial charge >= 0.3 is 0 Å². The maximum atomic E-state index is 12.0. The van der Waals surface area contributed by atoms with Gasteiger partial charge in [0.2, 0.25) is 5.91 Å². The lowest BCUT2D eigenvalue weighted by Crippen LogP contribution is -2.37. The van der Waals surface area contributed by atoms with E-state index < -0.39 is 0 Å². The monoisotopic (exact) mass is 288 g/mol. The fourth-order valence-corrected chi connectivity index (χ4v) is 2.40. The predicted molar refractivity (Wildman–Crippen MR) is 86.5 cm³/mol. The number of hydrogen-bond donors (Lipinski definition) is 2. The van der Waals surface area contributed by atoms with Crippen molar-refractivity contribution < 1.29 is 4.79 Å². The highest BCUT2D eigenvalue weighted by Gasteiger charge is 2.15. The molecule has 114 valence electrons. The van der Waals surface area contributed by atoms with E-state index in [1.165, 1.54) is 17.5 Å². The normalized spacial score (nSPS) is 15.9. The number of nitrogens with zero attached hydrogens (tertiary/aromatic N) is 2. The third-order valence-corrected chi connectivity index (χ3v) is 3.87. The van der Waals surface area contributed by atoms with Gasteiger partial charge in [0, 0.05) is 18.8 Å². The molecule has 0 aromatic heterocycles. The summed E-state index contributed by atoms with van der Waals surface area (Å²) in [5.74, 6) is 0.336. The number of amides is 1. The molecule has 1 aliphatic rings. The van der Waals surface area contributed by atoms with Gasteiger partial charge in [-0.05, 0) is 56.4 Å². The molecule has 1 heterocycles. The van der Waals surface area contributed by atoms with Crippen LogP contribution in [0.15, 0.2) is 23.2 Å². The number of nitrogens with one attached hydrogen (secondary N) is 1. The zero-order valence-corrected chi connectivity index (χ0v) is 12.9. The van der Waals surface area contributed by atoms with Gasteiger partial charge in [-0.15, -0.1) is 0 Å². The lowest BCUT2D eigenvalue weighted by Gasteiger charge is -2.26. The molecule has 1 saturated heterocycles. The topological polar surface area (TPSA) is 70.7 Å². The maximum absolute atomic E-state index is 12.0. The molecule has 0 radical (unpaired) electrons. The van der Waals surface area contributed by atoms with Gasteiger partial charge in [0.1, 0.15) is 6.54 Å². The van der Waals surface area contributed by atoms with E-state index in [9.17, 15) is 4.79 Å². The Bertz CT molecular complexity index is 533. The summed E-state index contributed by atoms with van der Waals surface area (Å²) < 4.78 is 0. The van der Waals surface area contributed by atoms with E-state index in [1.807, 2.05) is 30.0 Å². The molecule has 1 amide bonds. The minimum atomic E-state index is 0.0551. The summed E-state index contributed by atoms with van der Waals surface area (Å²) >= 11 is 0. The molecule has 2 rings (SSSR count). The van der Waals surface area contributed by atoms with Crippen LogP contribution in [-0.4, -0.2) is 36.4 Å². The standard InChI is InChI=1S/C16H24N4O/c1-12-6-7-14(10-13(12)2)19-16(17)18-11-15(21)20-8-4-3-5-9-20/h6-7,10H,3-5,8-9,11H2,1-2H3,(H3,17,18,19). The minimum Gasteiger partial charge on any atom is -0.370 e. The highest BCUT2D eigenvalue weighted by molar-refractivity contribution is 5.94. The molecule has 0 saturated carbocycles. The molecule has 1 aromatic rings. The third-order valence-electron chi connectivity index (χ3n) is 3.87. The van der Waals surface area contributed by atoms with Crippen LogP contribution in [0.4, 0.5) is 5.69 Å². The molecule has 3 N–H and O–H groups in total. The Balaban J connectivity index is 1.88. The van der Waals surface area contributed by atoms with Gasteiger partial charge in [-0.25, -0.2) is 4.99 Å². The molecule has 5 heteroatoms. The number of nitrogens with two attached hydrogens (primary N) is 1. The van der Waals surface area contributed by atoms with Crippen molar-refractivity contribution in [2.24, 2.45) is 10.7 Å². The van der Waals surface area contributed by atoms with Crippen LogP contribution in [0.3, 0.4) is 0 Å². The van der Waals surface area contributed by atoms with Crippen molar-refractivity contribution in [2.75, 3.05) is 25.0 Å². The molecule has 0 atom stereocenters. The Morgan fingerprint density at radius 2 is 1.95 bits per heavy atom. The van der Waals surface area contributed by atoms with Crippen LogP contribution in [0.5, 0.6) is 0 Å². The predicted octanol–water partition coefficient (Wildman–Crippen LogP) is 2.04. The number of aliphatic imine (C=N–C) groups is 1. The quantitative estimate of drug-likeness (QED) is 0.660. The zero-order valence-electron chi connectivity index (χ0n) is 12.9. The second kappa shape index (κ2) is 7.11. The smallest absolute Gasteiger partial charge is 0.244 e. The van der Waals surface area contributed by atoms with Crippen molar-refractivity contribution in [3.8, 4) is 0 Å². The Labute approximate surface area is 126 Å². The summed E-state index contributed by atoms with van der Waals surface area (Å²) in [5, 5.41) is 3.03. The lowest BCUT2D eigenvalue weighted by molar-refractivity contribution is -0.130. The van der Waals surface area contributed by atoms with Crippen LogP contribution in [0.1, 0.15) is 30.4 Å². The van der Waals surface area contributed by atoms with Crippen LogP contribution in [0.2, 0.25) is 0 Å². The molecule has 1 aromatic carbocycles. The van der Waals surface area contributed by atoms with Crippen molar-refractivity contribution in [3.63, 3.8) is 0 Å². The second-order valence-corrected chi connectivity index (χ2v) is 5.57. The summed E-state index contributed by atoms with van der Waals surface area (Å²) in [6, 6.07) is 6.01. The number of benzene rings is 1. The number of piperidine rings is 1. The van der Waals surface area contributed by atoms with Crippen molar-refractivity contribution in [2.45, 2.75) is 33.1 Å². The van der Waals surface area contributed by atoms with E-state index in [0.717, 1.165) is 31.6 Å². The summed E-state index contributed by atoms with van der Waals surface area (Å²) in [6.07, 6.45) is 3.39. The first-order chi connectivity index (χ1) is 10.1. The first-order valence-corrected chi connectivity index (χ1v) is 7.48. The molecule has 0 unspecified atom stereocenters. The summed E-state index contributed by atoms with van der Waals surface area (Å²) in [7, 11) is 0. The van der Waals surface area contributed by atoms with E-state index in [1.54, 1.807) is 0 Å². The van der Waals surface area contributed by atoms with Gasteiger partial charge in [-0.3, -0.25) is 4.79 Å². The minimum absolute atomic E-state index is 0.0551. The molecule has 0 spiro atoms. The molecular formula is C16H24N4O. The van der Waals surface area contributed by atoms with E-state index in [0.29, 0.717) is 0 Å². The fourth-order valence-electron chi connectivity index (χ4n) is 2.40. The van der Waals surface area contributed by atoms with Crippen molar-refractivity contribution in [1.29, 1.82) is 0 Å². The second-order valence-electron chi connectivity index (χ2n) is 5.57. The largest absolute Gasteiger partial charge is 0.370 e. The maximum Gasteiger partial charge on any atom is 0.244 e. The number of carbonyl (C=O) groups excluding carboxylic acids is 1. The zero-order chi connectivity index (χ0) is 15.2. The van der Waals surface area contributed by atoms with E-state index >= 15 is 0 Å². The summed E-state index contributed by atoms with van der Waals surface area (Å²) in [5.41, 5.74) is 9.16. The highest BCUT2D eigenvalue weighted by Crippen LogP contribution is 2.13. The SMILES string of the molecule is Cc1ccc(NC(N)=NCC(=O)N2CCCCC2)cc1C. The Morgan fingerprint density at radius 1 is 1.24 bits per heavy atom. The first kappa shape index (κ1) is 15.4. The van der Waals surface area contributed by atoms with Crippen molar-refractivity contribution in [3.05, 3.63) is 29.3 Å². The van der Waals surface area contributed by atoms with Gasteiger partial charge < -0.3 is 16.0 Å². The number of likely N-dealkylation sites (tertiary alicyclic amines) is 1. The van der Waals surface area contributed by atoms with E-state index in [2.05, 4.69) is 17.2 Å². The number of carbonyl (C=O) groups is 1. The van der Waals surface area contributed by atoms with Gasteiger partial charge in [0.25, 0.3) is 0 Å². The number of anilines is 1. The molecule has 1 aliphatic heterocycles. The number of guanidine groups is 1. The van der Waals surface area contributed by atoms with Gasteiger partial charge in [-0.2, -0.15) is 0 Å². The molecular weight excluding hydrogens is 264 g/mol. The average molecular weight is 288 g/mol. The first-order valence-electron chi connectivity index (χ1n) is 7.48. The molecule has 1 fully saturated rings. The van der Waals surface area contributed by atoms with Crippen LogP contribution in [-0.2, 0) is 4.79 Å². The van der Waals surface area contributed by atoms with Crippen molar-refractivity contribution >= 4 is 17.6 Å².